The number of hydrogen-bond acceptors (Lipinski definition) is 4. The number of hydrogen-bond donors (Lipinski definition) is 2. The Bertz CT molecular complexity index is 450. The maximum Gasteiger partial charge on any atom is 0.338 e. The number of carbonyl (C=O) groups excluding carboxylic acids is 1. The minimum Gasteiger partial charge on any atom is -0.508 e. The normalized spacial score (nSPS) is 10.7. The first-order valence-corrected chi connectivity index (χ1v) is 9.33. The summed E-state index contributed by atoms with van der Waals surface area (Å²) in [6.45, 7) is 2.62. The lowest BCUT2D eigenvalue weighted by Crippen LogP contribution is -2.06. The lowest BCUT2D eigenvalue weighted by molar-refractivity contribution is 0.0496. The Morgan fingerprint density at radius 1 is 0.792 bits per heavy atom. The van der Waals surface area contributed by atoms with Crippen molar-refractivity contribution in [3.05, 3.63) is 23.8 Å². The summed E-state index contributed by atoms with van der Waals surface area (Å²) in [5.74, 6) is -0.790. The summed E-state index contributed by atoms with van der Waals surface area (Å²) in [5.41, 5.74) is 0.176. The maximum absolute atomic E-state index is 11.8. The van der Waals surface area contributed by atoms with Crippen molar-refractivity contribution < 1.29 is 19.7 Å². The second kappa shape index (κ2) is 12.7. The molecule has 0 saturated heterocycles. The largest absolute Gasteiger partial charge is 0.508 e. The number of phenolic OH excluding ortho intramolecular Hbond substituents is 2. The molecular weight excluding hydrogens is 304 g/mol. The van der Waals surface area contributed by atoms with Crippen LogP contribution in [0.4, 0.5) is 0 Å². The quantitative estimate of drug-likeness (QED) is 0.365. The molecule has 0 unspecified atom stereocenters. The number of benzene rings is 1. The minimum atomic E-state index is -0.506. The smallest absolute Gasteiger partial charge is 0.338 e. The van der Waals surface area contributed by atoms with E-state index in [2.05, 4.69) is 6.92 Å². The number of rotatable bonds is 13. The van der Waals surface area contributed by atoms with E-state index in [-0.39, 0.29) is 17.1 Å². The van der Waals surface area contributed by atoms with Gasteiger partial charge in [-0.15, -0.1) is 0 Å². The van der Waals surface area contributed by atoms with E-state index in [4.69, 9.17) is 4.74 Å². The molecule has 1 rings (SSSR count). The third-order valence-corrected chi connectivity index (χ3v) is 4.12. The number of phenols is 2. The molecule has 0 aliphatic rings. The highest BCUT2D eigenvalue weighted by Crippen LogP contribution is 2.21. The lowest BCUT2D eigenvalue weighted by Gasteiger charge is -2.06. The van der Waals surface area contributed by atoms with Gasteiger partial charge in [0.15, 0.2) is 0 Å². The van der Waals surface area contributed by atoms with Gasteiger partial charge >= 0.3 is 5.97 Å². The minimum absolute atomic E-state index is 0.142. The molecule has 0 heterocycles. The molecule has 2 N–H and O–H groups in total. The van der Waals surface area contributed by atoms with Gasteiger partial charge < -0.3 is 14.9 Å². The van der Waals surface area contributed by atoms with Crippen LogP contribution >= 0.6 is 0 Å². The van der Waals surface area contributed by atoms with Crippen LogP contribution in [0.25, 0.3) is 0 Å². The monoisotopic (exact) mass is 336 g/mol. The van der Waals surface area contributed by atoms with Gasteiger partial charge in [-0.3, -0.25) is 0 Å². The zero-order valence-corrected chi connectivity index (χ0v) is 14.9. The lowest BCUT2D eigenvalue weighted by atomic mass is 10.1. The van der Waals surface area contributed by atoms with Crippen LogP contribution in [-0.4, -0.2) is 22.8 Å². The average molecular weight is 336 g/mol. The Morgan fingerprint density at radius 2 is 1.25 bits per heavy atom. The van der Waals surface area contributed by atoms with Crippen molar-refractivity contribution in [2.75, 3.05) is 6.61 Å². The molecule has 0 bridgehead atoms. The summed E-state index contributed by atoms with van der Waals surface area (Å²) >= 11 is 0. The predicted octanol–water partition coefficient (Wildman–Crippen LogP) is 5.57. The first-order valence-electron chi connectivity index (χ1n) is 9.33. The van der Waals surface area contributed by atoms with E-state index in [1.54, 1.807) is 0 Å². The van der Waals surface area contributed by atoms with Crippen LogP contribution in [0.5, 0.6) is 11.5 Å². The van der Waals surface area contributed by atoms with Crippen molar-refractivity contribution in [2.45, 2.75) is 77.6 Å². The van der Waals surface area contributed by atoms with Gasteiger partial charge in [-0.1, -0.05) is 71.1 Å². The van der Waals surface area contributed by atoms with Crippen molar-refractivity contribution in [3.63, 3.8) is 0 Å². The van der Waals surface area contributed by atoms with Crippen LogP contribution in [0.2, 0.25) is 0 Å². The Kier molecular flexibility index (Phi) is 10.7. The fourth-order valence-electron chi connectivity index (χ4n) is 2.73. The Morgan fingerprint density at radius 3 is 1.75 bits per heavy atom. The number of unbranched alkanes of at least 4 members (excludes halogenated alkanes) is 10. The molecule has 0 radical (unpaired) electrons. The number of carbonyl (C=O) groups is 1. The van der Waals surface area contributed by atoms with Gasteiger partial charge in [0.2, 0.25) is 0 Å². The summed E-state index contributed by atoms with van der Waals surface area (Å²) in [6.07, 6.45) is 13.7. The SMILES string of the molecule is CCCCCCCCCCCCCOC(=O)c1cc(O)cc(O)c1. The highest BCUT2D eigenvalue weighted by atomic mass is 16.5. The van der Waals surface area contributed by atoms with Crippen LogP contribution in [0.3, 0.4) is 0 Å². The molecule has 0 atom stereocenters. The number of ether oxygens (including phenoxy) is 1. The van der Waals surface area contributed by atoms with Gasteiger partial charge in [0.25, 0.3) is 0 Å². The maximum atomic E-state index is 11.8. The van der Waals surface area contributed by atoms with Gasteiger partial charge in [-0.25, -0.2) is 4.79 Å². The molecule has 136 valence electrons. The molecule has 4 nitrogen and oxygen atoms in total. The second-order valence-corrected chi connectivity index (χ2v) is 6.41. The summed E-state index contributed by atoms with van der Waals surface area (Å²) in [7, 11) is 0. The second-order valence-electron chi connectivity index (χ2n) is 6.41. The van der Waals surface area contributed by atoms with E-state index in [1.807, 2.05) is 0 Å². The highest BCUT2D eigenvalue weighted by Gasteiger charge is 2.09. The molecule has 0 saturated carbocycles. The van der Waals surface area contributed by atoms with Crippen LogP contribution in [0.1, 0.15) is 87.9 Å². The zero-order chi connectivity index (χ0) is 17.6. The zero-order valence-electron chi connectivity index (χ0n) is 14.9. The molecule has 4 heteroatoms. The summed E-state index contributed by atoms with van der Waals surface area (Å²) in [5, 5.41) is 18.7. The molecule has 0 aromatic heterocycles. The van der Waals surface area contributed by atoms with Gasteiger partial charge in [-0.2, -0.15) is 0 Å². The van der Waals surface area contributed by atoms with Crippen molar-refractivity contribution in [2.24, 2.45) is 0 Å². The van der Waals surface area contributed by atoms with E-state index >= 15 is 0 Å². The topological polar surface area (TPSA) is 66.8 Å². The third kappa shape index (κ3) is 9.43. The van der Waals surface area contributed by atoms with Gasteiger partial charge in [0, 0.05) is 6.07 Å². The van der Waals surface area contributed by atoms with Crippen LogP contribution in [0.15, 0.2) is 18.2 Å². The van der Waals surface area contributed by atoms with Crippen molar-refractivity contribution >= 4 is 5.97 Å². The van der Waals surface area contributed by atoms with Crippen LogP contribution in [0, 0.1) is 0 Å². The summed E-state index contributed by atoms with van der Waals surface area (Å²) < 4.78 is 5.16. The predicted molar refractivity (Wildman–Crippen MR) is 96.5 cm³/mol. The van der Waals surface area contributed by atoms with Crippen molar-refractivity contribution in [1.82, 2.24) is 0 Å². The molecule has 0 fully saturated rings. The molecule has 0 aliphatic carbocycles. The molecule has 0 spiro atoms. The first-order chi connectivity index (χ1) is 11.6. The summed E-state index contributed by atoms with van der Waals surface area (Å²) in [6, 6.07) is 3.77. The van der Waals surface area contributed by atoms with Crippen LogP contribution < -0.4 is 0 Å². The molecule has 24 heavy (non-hydrogen) atoms. The van der Waals surface area contributed by atoms with E-state index in [0.29, 0.717) is 6.61 Å². The van der Waals surface area contributed by atoms with E-state index in [9.17, 15) is 15.0 Å². The van der Waals surface area contributed by atoms with Gasteiger partial charge in [-0.05, 0) is 18.6 Å². The Hall–Kier alpha value is -1.71. The first kappa shape index (κ1) is 20.3. The fourth-order valence-corrected chi connectivity index (χ4v) is 2.73. The van der Waals surface area contributed by atoms with Gasteiger partial charge in [0.1, 0.15) is 11.5 Å². The fraction of sp³-hybridized carbons (Fsp3) is 0.650. The van der Waals surface area contributed by atoms with Gasteiger partial charge in [0.05, 0.1) is 12.2 Å². The number of aromatic hydroxyl groups is 2. The standard InChI is InChI=1S/C20H32O4/c1-2-3-4-5-6-7-8-9-10-11-12-13-24-20(23)17-14-18(21)16-19(22)15-17/h14-16,21-22H,2-13H2,1H3. The van der Waals surface area contributed by atoms with E-state index < -0.39 is 5.97 Å². The Labute approximate surface area is 145 Å². The van der Waals surface area contributed by atoms with E-state index in [0.717, 1.165) is 12.8 Å². The van der Waals surface area contributed by atoms with Crippen LogP contribution in [-0.2, 0) is 4.74 Å². The average Bonchev–Trinajstić information content (AvgIpc) is 2.54. The van der Waals surface area contributed by atoms with E-state index in [1.165, 1.54) is 76.0 Å². The molecular formula is C20H32O4. The molecule has 1 aromatic rings. The molecule has 0 aliphatic heterocycles. The molecule has 1 aromatic carbocycles. The third-order valence-electron chi connectivity index (χ3n) is 4.12. The Balaban J connectivity index is 1.97. The van der Waals surface area contributed by atoms with Crippen molar-refractivity contribution in [3.8, 4) is 11.5 Å². The van der Waals surface area contributed by atoms with Crippen molar-refractivity contribution in [1.29, 1.82) is 0 Å². The summed E-state index contributed by atoms with van der Waals surface area (Å²) in [4.78, 5) is 11.8. The number of esters is 1. The highest BCUT2D eigenvalue weighted by molar-refractivity contribution is 5.90. The molecule has 0 amide bonds.